The van der Waals surface area contributed by atoms with Gasteiger partial charge in [0.1, 0.15) is 17.7 Å². The molecule has 1 saturated heterocycles. The average molecular weight is 386 g/mol. The maximum Gasteiger partial charge on any atom is 0.229 e. The number of benzene rings is 1. The summed E-state index contributed by atoms with van der Waals surface area (Å²) in [7, 11) is 0. The number of piperidine rings is 1. The maximum absolute atomic E-state index is 12.8. The molecule has 3 aromatic rings. The summed E-state index contributed by atoms with van der Waals surface area (Å²) in [6.07, 6.45) is 7.07. The highest BCUT2D eigenvalue weighted by Crippen LogP contribution is 2.25. The van der Waals surface area contributed by atoms with Crippen LogP contribution >= 0.6 is 0 Å². The number of carbonyl (C=O) groups excluding carboxylic acids is 1. The number of nitriles is 1. The summed E-state index contributed by atoms with van der Waals surface area (Å²) in [5, 5.41) is 12.3. The number of pyridine rings is 1. The minimum absolute atomic E-state index is 0.00398. The second-order valence-corrected chi connectivity index (χ2v) is 7.15. The Bertz CT molecular complexity index is 1050. The molecule has 1 N–H and O–H groups in total. The molecule has 0 unspecified atom stereocenters. The molecular weight excluding hydrogens is 364 g/mol. The van der Waals surface area contributed by atoms with Crippen molar-refractivity contribution in [2.75, 3.05) is 23.3 Å². The van der Waals surface area contributed by atoms with E-state index >= 15 is 0 Å². The molecule has 1 amide bonds. The summed E-state index contributed by atoms with van der Waals surface area (Å²) in [5.41, 5.74) is 2.31. The smallest absolute Gasteiger partial charge is 0.229 e. The van der Waals surface area contributed by atoms with Crippen molar-refractivity contribution >= 4 is 17.4 Å². The summed E-state index contributed by atoms with van der Waals surface area (Å²) in [4.78, 5) is 23.5. The SMILES string of the molecule is Cc1nccn1-c1ccc(NC(=O)[C@@H]2CCCN(c3ncccc3C#N)C2)cc1. The number of carbonyl (C=O) groups is 1. The number of imidazole rings is 1. The third-order valence-corrected chi connectivity index (χ3v) is 5.24. The Kier molecular flexibility index (Phi) is 5.25. The van der Waals surface area contributed by atoms with Crippen LogP contribution in [0.2, 0.25) is 0 Å². The van der Waals surface area contributed by atoms with Crippen molar-refractivity contribution in [1.29, 1.82) is 5.26 Å². The Hall–Kier alpha value is -3.66. The molecule has 7 nitrogen and oxygen atoms in total. The third-order valence-electron chi connectivity index (χ3n) is 5.24. The zero-order chi connectivity index (χ0) is 20.2. The molecule has 4 rings (SSSR count). The van der Waals surface area contributed by atoms with Crippen molar-refractivity contribution in [3.05, 3.63) is 66.4 Å². The molecule has 2 aromatic heterocycles. The van der Waals surface area contributed by atoms with Gasteiger partial charge in [-0.1, -0.05) is 0 Å². The predicted molar refractivity (Wildman–Crippen MR) is 111 cm³/mol. The standard InChI is InChI=1S/C22H22N6O/c1-16-24-11-13-28(16)20-8-6-19(7-9-20)26-22(29)18-5-3-12-27(15-18)21-17(14-23)4-2-10-25-21/h2,4,6-11,13,18H,3,5,12,15H2,1H3,(H,26,29)/t18-/m1/s1. The van der Waals surface area contributed by atoms with Gasteiger partial charge in [0, 0.05) is 43.1 Å². The summed E-state index contributed by atoms with van der Waals surface area (Å²) in [6, 6.07) is 13.4. The molecule has 0 aliphatic carbocycles. The lowest BCUT2D eigenvalue weighted by molar-refractivity contribution is -0.120. The Balaban J connectivity index is 1.43. The first-order valence-corrected chi connectivity index (χ1v) is 9.67. The summed E-state index contributed by atoms with van der Waals surface area (Å²) < 4.78 is 1.99. The minimum Gasteiger partial charge on any atom is -0.355 e. The van der Waals surface area contributed by atoms with Crippen LogP contribution in [-0.4, -0.2) is 33.5 Å². The first-order valence-electron chi connectivity index (χ1n) is 9.67. The Labute approximate surface area is 169 Å². The van der Waals surface area contributed by atoms with Crippen molar-refractivity contribution in [2.45, 2.75) is 19.8 Å². The molecule has 0 spiro atoms. The Morgan fingerprint density at radius 2 is 2.03 bits per heavy atom. The first kappa shape index (κ1) is 18.7. The number of rotatable bonds is 4. The fourth-order valence-electron chi connectivity index (χ4n) is 3.72. The molecule has 146 valence electrons. The largest absolute Gasteiger partial charge is 0.355 e. The molecule has 29 heavy (non-hydrogen) atoms. The van der Waals surface area contributed by atoms with E-state index < -0.39 is 0 Å². The monoisotopic (exact) mass is 386 g/mol. The lowest BCUT2D eigenvalue weighted by Crippen LogP contribution is -2.41. The van der Waals surface area contributed by atoms with Crippen LogP contribution in [0.15, 0.2) is 55.0 Å². The van der Waals surface area contributed by atoms with Crippen LogP contribution in [0.3, 0.4) is 0 Å². The van der Waals surface area contributed by atoms with E-state index in [9.17, 15) is 10.1 Å². The lowest BCUT2D eigenvalue weighted by atomic mass is 9.96. The lowest BCUT2D eigenvalue weighted by Gasteiger charge is -2.33. The number of hydrogen-bond acceptors (Lipinski definition) is 5. The van der Waals surface area contributed by atoms with Crippen LogP contribution in [0.1, 0.15) is 24.2 Å². The van der Waals surface area contributed by atoms with Crippen molar-refractivity contribution < 1.29 is 4.79 Å². The average Bonchev–Trinajstić information content (AvgIpc) is 3.20. The van der Waals surface area contributed by atoms with E-state index in [0.717, 1.165) is 36.6 Å². The molecule has 1 aliphatic rings. The zero-order valence-electron chi connectivity index (χ0n) is 16.2. The number of nitrogens with one attached hydrogen (secondary N) is 1. The second-order valence-electron chi connectivity index (χ2n) is 7.15. The van der Waals surface area contributed by atoms with Crippen molar-refractivity contribution in [3.8, 4) is 11.8 Å². The molecule has 7 heteroatoms. The van der Waals surface area contributed by atoms with Gasteiger partial charge in [-0.05, 0) is 56.2 Å². The fourth-order valence-corrected chi connectivity index (χ4v) is 3.72. The normalized spacial score (nSPS) is 16.3. The minimum atomic E-state index is -0.145. The van der Waals surface area contributed by atoms with Gasteiger partial charge in [0.25, 0.3) is 0 Å². The van der Waals surface area contributed by atoms with Gasteiger partial charge in [0.15, 0.2) is 0 Å². The van der Waals surface area contributed by atoms with Gasteiger partial charge < -0.3 is 14.8 Å². The van der Waals surface area contributed by atoms with Crippen LogP contribution < -0.4 is 10.2 Å². The van der Waals surface area contributed by atoms with E-state index in [1.165, 1.54) is 0 Å². The first-order chi connectivity index (χ1) is 14.2. The van der Waals surface area contributed by atoms with Crippen molar-refractivity contribution in [3.63, 3.8) is 0 Å². The quantitative estimate of drug-likeness (QED) is 0.743. The highest BCUT2D eigenvalue weighted by Gasteiger charge is 2.27. The van der Waals surface area contributed by atoms with Crippen LogP contribution in [0, 0.1) is 24.2 Å². The number of anilines is 2. The molecule has 1 fully saturated rings. The zero-order valence-corrected chi connectivity index (χ0v) is 16.2. The van der Waals surface area contributed by atoms with Crippen LogP contribution in [-0.2, 0) is 4.79 Å². The van der Waals surface area contributed by atoms with Crippen LogP contribution in [0.5, 0.6) is 0 Å². The van der Waals surface area contributed by atoms with E-state index in [1.807, 2.05) is 46.9 Å². The van der Waals surface area contributed by atoms with Crippen LogP contribution in [0.4, 0.5) is 11.5 Å². The van der Waals surface area contributed by atoms with Crippen molar-refractivity contribution in [1.82, 2.24) is 14.5 Å². The molecule has 0 bridgehead atoms. The Morgan fingerprint density at radius 1 is 1.21 bits per heavy atom. The molecule has 3 heterocycles. The molecular formula is C22H22N6O. The van der Waals surface area contributed by atoms with Gasteiger partial charge in [0.05, 0.1) is 11.5 Å². The van der Waals surface area contributed by atoms with E-state index in [2.05, 4.69) is 21.4 Å². The van der Waals surface area contributed by atoms with Gasteiger partial charge >= 0.3 is 0 Å². The molecule has 0 saturated carbocycles. The summed E-state index contributed by atoms with van der Waals surface area (Å²) in [6.45, 7) is 3.31. The number of amides is 1. The van der Waals surface area contributed by atoms with Crippen molar-refractivity contribution in [2.24, 2.45) is 5.92 Å². The highest BCUT2D eigenvalue weighted by molar-refractivity contribution is 5.93. The maximum atomic E-state index is 12.8. The number of nitrogens with zero attached hydrogens (tertiary/aromatic N) is 5. The number of aromatic nitrogens is 3. The summed E-state index contributed by atoms with van der Waals surface area (Å²) in [5.74, 6) is 1.42. The second kappa shape index (κ2) is 8.15. The van der Waals surface area contributed by atoms with Gasteiger partial charge in [0.2, 0.25) is 5.91 Å². The summed E-state index contributed by atoms with van der Waals surface area (Å²) >= 11 is 0. The third kappa shape index (κ3) is 3.97. The number of hydrogen-bond donors (Lipinski definition) is 1. The molecule has 1 atom stereocenters. The van der Waals surface area contributed by atoms with Gasteiger partial charge in [-0.25, -0.2) is 9.97 Å². The van der Waals surface area contributed by atoms with Gasteiger partial charge in [-0.2, -0.15) is 5.26 Å². The topological polar surface area (TPSA) is 86.8 Å². The predicted octanol–water partition coefficient (Wildman–Crippen LogP) is 3.30. The Morgan fingerprint density at radius 3 is 2.76 bits per heavy atom. The van der Waals surface area contributed by atoms with E-state index in [1.54, 1.807) is 24.5 Å². The molecule has 1 aliphatic heterocycles. The van der Waals surface area contributed by atoms with E-state index in [0.29, 0.717) is 17.9 Å². The van der Waals surface area contributed by atoms with Gasteiger partial charge in [-0.3, -0.25) is 4.79 Å². The molecule has 1 aromatic carbocycles. The van der Waals surface area contributed by atoms with Crippen LogP contribution in [0.25, 0.3) is 5.69 Å². The highest BCUT2D eigenvalue weighted by atomic mass is 16.1. The number of aryl methyl sites for hydroxylation is 1. The molecule has 0 radical (unpaired) electrons. The van der Waals surface area contributed by atoms with E-state index in [-0.39, 0.29) is 11.8 Å². The van der Waals surface area contributed by atoms with E-state index in [4.69, 9.17) is 0 Å². The fraction of sp³-hybridized carbons (Fsp3) is 0.273. The van der Waals surface area contributed by atoms with Gasteiger partial charge in [-0.15, -0.1) is 0 Å².